The Morgan fingerprint density at radius 1 is 1.04 bits per heavy atom. The van der Waals surface area contributed by atoms with Crippen LogP contribution in [0.25, 0.3) is 0 Å². The maximum absolute atomic E-state index is 11.4. The predicted molar refractivity (Wildman–Crippen MR) is 105 cm³/mol. The molecule has 0 spiro atoms. The first-order valence-corrected chi connectivity index (χ1v) is 10.7. The quantitative estimate of drug-likeness (QED) is 0.340. The Morgan fingerprint density at radius 3 is 1.89 bits per heavy atom. The highest BCUT2D eigenvalue weighted by Gasteiger charge is 2.21. The summed E-state index contributed by atoms with van der Waals surface area (Å²) in [4.78, 5) is 13.0. The van der Waals surface area contributed by atoms with Crippen molar-refractivity contribution in [3.8, 4) is 0 Å². The summed E-state index contributed by atoms with van der Waals surface area (Å²) in [7, 11) is 0.269. The van der Waals surface area contributed by atoms with Gasteiger partial charge in [-0.3, -0.25) is 4.57 Å². The predicted octanol–water partition coefficient (Wildman–Crippen LogP) is 1.53. The lowest BCUT2D eigenvalue weighted by Crippen LogP contribution is -2.31. The summed E-state index contributed by atoms with van der Waals surface area (Å²) in [6.07, 6.45) is -0.409. The fraction of sp³-hybridized carbons (Fsp3) is 0.938. The van der Waals surface area contributed by atoms with E-state index in [1.807, 2.05) is 13.8 Å². The molecule has 10 nitrogen and oxygen atoms in total. The fourth-order valence-electron chi connectivity index (χ4n) is 1.54. The molecule has 0 saturated heterocycles. The molecule has 0 fully saturated rings. The van der Waals surface area contributed by atoms with E-state index in [-0.39, 0.29) is 25.4 Å². The molecular weight excluding hydrogens is 377 g/mol. The maximum atomic E-state index is 11.4. The molecule has 0 heterocycles. The van der Waals surface area contributed by atoms with Crippen molar-refractivity contribution in [2.75, 3.05) is 66.8 Å². The van der Waals surface area contributed by atoms with Crippen LogP contribution in [0.1, 0.15) is 27.7 Å². The lowest BCUT2D eigenvalue weighted by Gasteiger charge is -2.21. The molecule has 0 aromatic carbocycles. The van der Waals surface area contributed by atoms with Gasteiger partial charge < -0.3 is 28.7 Å². The Bertz CT molecular complexity index is 407. The van der Waals surface area contributed by atoms with Crippen LogP contribution in [0.5, 0.6) is 0 Å². The van der Waals surface area contributed by atoms with Crippen LogP contribution in [0.15, 0.2) is 0 Å². The maximum Gasteiger partial charge on any atom is 0.409 e. The van der Waals surface area contributed by atoms with E-state index in [2.05, 4.69) is 0 Å². The highest BCUT2D eigenvalue weighted by molar-refractivity contribution is 7.53. The third kappa shape index (κ3) is 17.1. The van der Waals surface area contributed by atoms with Gasteiger partial charge in [-0.2, -0.15) is 0 Å². The average Bonchev–Trinajstić information content (AvgIpc) is 2.57. The van der Waals surface area contributed by atoms with Gasteiger partial charge in [-0.05, 0) is 41.8 Å². The van der Waals surface area contributed by atoms with Crippen LogP contribution in [-0.4, -0.2) is 93.7 Å². The monoisotopic (exact) mass is 415 g/mol. The van der Waals surface area contributed by atoms with Gasteiger partial charge in [-0.1, -0.05) is 0 Å². The summed E-state index contributed by atoms with van der Waals surface area (Å²) in [5.41, 5.74) is 5.32. The Hall–Kier alpha value is -0.740. The molecular formula is C16H38N3O7P. The number of carbonyl (C=O) groups is 1. The second kappa shape index (κ2) is 17.4. The van der Waals surface area contributed by atoms with E-state index in [4.69, 9.17) is 29.3 Å². The molecule has 0 aliphatic carbocycles. The Morgan fingerprint density at radius 2 is 1.52 bits per heavy atom. The van der Waals surface area contributed by atoms with Crippen molar-refractivity contribution in [3.05, 3.63) is 0 Å². The van der Waals surface area contributed by atoms with Crippen LogP contribution < -0.4 is 5.50 Å². The topological polar surface area (TPSA) is 124 Å². The van der Waals surface area contributed by atoms with Crippen LogP contribution in [0.2, 0.25) is 0 Å². The van der Waals surface area contributed by atoms with E-state index in [0.29, 0.717) is 39.5 Å². The van der Waals surface area contributed by atoms with Gasteiger partial charge >= 0.3 is 13.8 Å². The van der Waals surface area contributed by atoms with Crippen molar-refractivity contribution >= 4 is 13.8 Å². The van der Waals surface area contributed by atoms with Crippen molar-refractivity contribution in [3.63, 3.8) is 0 Å². The van der Waals surface area contributed by atoms with Crippen molar-refractivity contribution in [1.82, 2.24) is 9.57 Å². The van der Waals surface area contributed by atoms with Crippen molar-refractivity contribution in [2.24, 2.45) is 5.50 Å². The van der Waals surface area contributed by atoms with E-state index >= 15 is 0 Å². The summed E-state index contributed by atoms with van der Waals surface area (Å²) in [6.45, 7) is 10.5. The summed E-state index contributed by atoms with van der Waals surface area (Å²) >= 11 is 0. The smallest absolute Gasteiger partial charge is 0.409 e. The minimum absolute atomic E-state index is 0.0154. The first-order chi connectivity index (χ1) is 12.6. The van der Waals surface area contributed by atoms with Gasteiger partial charge in [0.05, 0.1) is 39.1 Å². The number of rotatable bonds is 13. The molecule has 0 aliphatic heterocycles. The molecule has 0 radical (unpaired) electrons. The molecule has 0 rings (SSSR count). The van der Waals surface area contributed by atoms with E-state index < -0.39 is 7.67 Å². The fourth-order valence-corrected chi connectivity index (χ4v) is 2.34. The van der Waals surface area contributed by atoms with Crippen molar-refractivity contribution in [2.45, 2.75) is 33.8 Å². The first kappa shape index (κ1) is 28.5. The van der Waals surface area contributed by atoms with Crippen molar-refractivity contribution < 1.29 is 33.2 Å². The minimum atomic E-state index is -2.99. The Kier molecular flexibility index (Phi) is 18.3. The molecule has 1 atom stereocenters. The highest BCUT2D eigenvalue weighted by Crippen LogP contribution is 2.40. The van der Waals surface area contributed by atoms with Gasteiger partial charge in [0.25, 0.3) is 0 Å². The van der Waals surface area contributed by atoms with Gasteiger partial charge in [-0.15, -0.1) is 0 Å². The van der Waals surface area contributed by atoms with Gasteiger partial charge in [0.1, 0.15) is 6.61 Å². The van der Waals surface area contributed by atoms with Gasteiger partial charge in [0, 0.05) is 13.1 Å². The number of hydrogen-bond acceptors (Lipinski definition) is 7. The number of carbonyl (C=O) groups excluding carboxylic acids is 1. The Balaban J connectivity index is 0. The lowest BCUT2D eigenvalue weighted by atomic mass is 10.5. The van der Waals surface area contributed by atoms with E-state index in [9.17, 15) is 9.36 Å². The second-order valence-electron chi connectivity index (χ2n) is 5.80. The lowest BCUT2D eigenvalue weighted by molar-refractivity contribution is 0.0146. The number of ether oxygens (including phenoxy) is 3. The summed E-state index contributed by atoms with van der Waals surface area (Å²) in [6, 6.07) is 0. The number of aliphatic hydroxyl groups excluding tert-OH is 1. The van der Waals surface area contributed by atoms with E-state index in [0.717, 1.165) is 0 Å². The number of hydrogen-bond donors (Lipinski definition) is 2. The molecule has 1 amide bonds. The van der Waals surface area contributed by atoms with Crippen molar-refractivity contribution in [1.29, 1.82) is 0 Å². The standard InChI is InChI=1S/C11H23NO5.C5H15N2O2P/c1-3-12(4-2)11(14)17-10-9-16-8-7-15-6-5-13;1-5(2)9-10(6,8)7(3)4/h13H,3-10H2,1-2H3;5H,1-4H3,(H2,6,8). The normalized spacial score (nSPS) is 13.1. The molecule has 0 bridgehead atoms. The average molecular weight is 415 g/mol. The van der Waals surface area contributed by atoms with Gasteiger partial charge in [-0.25, -0.2) is 15.0 Å². The molecule has 0 aromatic heterocycles. The Labute approximate surface area is 163 Å². The molecule has 1 unspecified atom stereocenters. The molecule has 27 heavy (non-hydrogen) atoms. The summed E-state index contributed by atoms with van der Waals surface area (Å²) in [5.74, 6) is 0. The molecule has 3 N–H and O–H groups in total. The molecule has 0 aliphatic rings. The third-order valence-corrected chi connectivity index (χ3v) is 4.84. The molecule has 11 heteroatoms. The summed E-state index contributed by atoms with van der Waals surface area (Å²) < 4.78 is 32.7. The van der Waals surface area contributed by atoms with E-state index in [1.165, 1.54) is 4.67 Å². The summed E-state index contributed by atoms with van der Waals surface area (Å²) in [5, 5.41) is 8.44. The van der Waals surface area contributed by atoms with Crippen LogP contribution >= 0.6 is 7.67 Å². The largest absolute Gasteiger partial charge is 0.447 e. The van der Waals surface area contributed by atoms with Crippen LogP contribution in [0.3, 0.4) is 0 Å². The zero-order valence-electron chi connectivity index (χ0n) is 17.5. The first-order valence-electron chi connectivity index (χ1n) is 9.05. The minimum Gasteiger partial charge on any atom is -0.447 e. The number of nitrogens with two attached hydrogens (primary N) is 1. The highest BCUT2D eigenvalue weighted by atomic mass is 31.2. The van der Waals surface area contributed by atoms with Gasteiger partial charge in [0.2, 0.25) is 0 Å². The SMILES string of the molecule is CC(C)OP(N)(=O)N(C)C.CCN(CC)C(=O)OCCOCCOCCO. The molecule has 0 aromatic rings. The van der Waals surface area contributed by atoms with Gasteiger partial charge in [0.15, 0.2) is 0 Å². The molecule has 0 saturated carbocycles. The zero-order chi connectivity index (χ0) is 21.3. The number of amides is 1. The number of nitrogens with zero attached hydrogens (tertiary/aromatic N) is 2. The van der Waals surface area contributed by atoms with Crippen LogP contribution in [0, 0.1) is 0 Å². The van der Waals surface area contributed by atoms with E-state index in [1.54, 1.807) is 32.8 Å². The van der Waals surface area contributed by atoms with Crippen LogP contribution in [0.4, 0.5) is 4.79 Å². The number of aliphatic hydroxyl groups is 1. The zero-order valence-corrected chi connectivity index (χ0v) is 18.4. The third-order valence-electron chi connectivity index (χ3n) is 3.00. The van der Waals surface area contributed by atoms with Crippen LogP contribution in [-0.2, 0) is 23.3 Å². The molecule has 164 valence electrons. The second-order valence-corrected chi connectivity index (χ2v) is 7.94.